The van der Waals surface area contributed by atoms with Crippen LogP contribution in [0, 0.1) is 0 Å². The molecule has 3 rings (SSSR count). The molecule has 2 amide bonds. The van der Waals surface area contributed by atoms with Crippen molar-refractivity contribution in [1.82, 2.24) is 4.57 Å². The molecule has 2 aromatic carbocycles. The van der Waals surface area contributed by atoms with Crippen molar-refractivity contribution >= 4 is 39.0 Å². The minimum atomic E-state index is -0.312. The first-order chi connectivity index (χ1) is 10.7. The number of nitrogens with zero attached hydrogens (tertiary/aromatic N) is 1. The van der Waals surface area contributed by atoms with E-state index in [4.69, 9.17) is 0 Å². The maximum absolute atomic E-state index is 12.0. The van der Waals surface area contributed by atoms with Crippen LogP contribution < -0.4 is 15.5 Å². The lowest BCUT2D eigenvalue weighted by atomic mass is 10.3. The van der Waals surface area contributed by atoms with Gasteiger partial charge in [0.25, 0.3) is 0 Å². The van der Waals surface area contributed by atoms with E-state index in [1.807, 2.05) is 49.4 Å². The first kappa shape index (κ1) is 14.3. The highest BCUT2D eigenvalue weighted by atomic mass is 32.1. The number of hydrogen-bond acceptors (Lipinski definition) is 3. The van der Waals surface area contributed by atoms with Crippen molar-refractivity contribution < 1.29 is 4.79 Å². The Kier molecular flexibility index (Phi) is 3.93. The van der Waals surface area contributed by atoms with Crippen LogP contribution in [-0.2, 0) is 6.54 Å². The van der Waals surface area contributed by atoms with Crippen molar-refractivity contribution in [2.24, 2.45) is 0 Å². The third-order valence-electron chi connectivity index (χ3n) is 3.27. The summed E-state index contributed by atoms with van der Waals surface area (Å²) in [6, 6.07) is 14.4. The number of thiazole rings is 1. The molecule has 0 saturated heterocycles. The molecule has 22 heavy (non-hydrogen) atoms. The van der Waals surface area contributed by atoms with Crippen LogP contribution in [-0.4, -0.2) is 10.6 Å². The third kappa shape index (κ3) is 2.87. The van der Waals surface area contributed by atoms with Crippen LogP contribution in [0.15, 0.2) is 53.3 Å². The first-order valence-corrected chi connectivity index (χ1v) is 7.75. The molecule has 0 fully saturated rings. The van der Waals surface area contributed by atoms with Crippen LogP contribution in [0.25, 0.3) is 10.2 Å². The number of para-hydroxylation sites is 1. The molecule has 0 spiro atoms. The zero-order valence-corrected chi connectivity index (χ0v) is 12.8. The van der Waals surface area contributed by atoms with Gasteiger partial charge in [-0.15, -0.1) is 0 Å². The summed E-state index contributed by atoms with van der Waals surface area (Å²) in [7, 11) is 0. The van der Waals surface area contributed by atoms with Crippen molar-refractivity contribution in [2.45, 2.75) is 13.5 Å². The van der Waals surface area contributed by atoms with E-state index in [0.717, 1.165) is 15.9 Å². The van der Waals surface area contributed by atoms with Crippen molar-refractivity contribution in [3.63, 3.8) is 0 Å². The van der Waals surface area contributed by atoms with E-state index < -0.39 is 0 Å². The van der Waals surface area contributed by atoms with E-state index in [9.17, 15) is 9.59 Å². The molecule has 0 aliphatic rings. The lowest BCUT2D eigenvalue weighted by Gasteiger charge is -2.07. The maximum Gasteiger partial charge on any atom is 0.323 e. The molecular formula is C16H15N3O2S. The fourth-order valence-corrected chi connectivity index (χ4v) is 3.25. The minimum Gasteiger partial charge on any atom is -0.308 e. The van der Waals surface area contributed by atoms with Crippen molar-refractivity contribution in [2.75, 3.05) is 10.6 Å². The van der Waals surface area contributed by atoms with Crippen LogP contribution in [0.5, 0.6) is 0 Å². The average molecular weight is 313 g/mol. The summed E-state index contributed by atoms with van der Waals surface area (Å²) in [6.07, 6.45) is 0. The van der Waals surface area contributed by atoms with Crippen LogP contribution in [0.1, 0.15) is 6.92 Å². The van der Waals surface area contributed by atoms with Gasteiger partial charge in [0.05, 0.1) is 10.2 Å². The van der Waals surface area contributed by atoms with Gasteiger partial charge < -0.3 is 10.6 Å². The highest BCUT2D eigenvalue weighted by Gasteiger charge is 2.08. The zero-order chi connectivity index (χ0) is 15.5. The summed E-state index contributed by atoms with van der Waals surface area (Å²) in [5, 5.41) is 5.53. The summed E-state index contributed by atoms with van der Waals surface area (Å²) < 4.78 is 2.58. The Morgan fingerprint density at radius 2 is 1.82 bits per heavy atom. The molecule has 0 aliphatic carbocycles. The number of nitrogens with one attached hydrogen (secondary N) is 2. The van der Waals surface area contributed by atoms with Crippen LogP contribution in [0.4, 0.5) is 16.2 Å². The second-order valence-corrected chi connectivity index (χ2v) is 5.73. The number of anilines is 2. The van der Waals surface area contributed by atoms with E-state index in [-0.39, 0.29) is 10.9 Å². The third-order valence-corrected chi connectivity index (χ3v) is 4.22. The lowest BCUT2D eigenvalue weighted by Crippen LogP contribution is -2.19. The van der Waals surface area contributed by atoms with Gasteiger partial charge in [0, 0.05) is 17.9 Å². The molecule has 6 heteroatoms. The number of rotatable bonds is 3. The topological polar surface area (TPSA) is 63.1 Å². The zero-order valence-electron chi connectivity index (χ0n) is 12.0. The number of carbonyl (C=O) groups is 1. The standard InChI is InChI=1S/C16H15N3O2S/c1-2-19-13-9-8-12(10-14(13)22-16(19)21)18-15(20)17-11-6-4-3-5-7-11/h3-10H,2H2,1H3,(H2,17,18,20). The molecule has 0 atom stereocenters. The average Bonchev–Trinajstić information content (AvgIpc) is 2.82. The highest BCUT2D eigenvalue weighted by Crippen LogP contribution is 2.22. The van der Waals surface area contributed by atoms with E-state index >= 15 is 0 Å². The molecule has 0 bridgehead atoms. The first-order valence-electron chi connectivity index (χ1n) is 6.94. The van der Waals surface area contributed by atoms with E-state index in [1.165, 1.54) is 11.3 Å². The van der Waals surface area contributed by atoms with Gasteiger partial charge in [-0.05, 0) is 37.3 Å². The van der Waals surface area contributed by atoms with Crippen molar-refractivity contribution in [1.29, 1.82) is 0 Å². The Morgan fingerprint density at radius 1 is 1.09 bits per heavy atom. The molecule has 112 valence electrons. The van der Waals surface area contributed by atoms with Crippen molar-refractivity contribution in [3.8, 4) is 0 Å². The van der Waals surface area contributed by atoms with Gasteiger partial charge in [-0.2, -0.15) is 0 Å². The van der Waals surface area contributed by atoms with Gasteiger partial charge in [-0.1, -0.05) is 29.5 Å². The van der Waals surface area contributed by atoms with Crippen LogP contribution in [0.3, 0.4) is 0 Å². The van der Waals surface area contributed by atoms with Gasteiger partial charge in [0.15, 0.2) is 0 Å². The Hall–Kier alpha value is -2.60. The molecule has 2 N–H and O–H groups in total. The second kappa shape index (κ2) is 6.03. The summed E-state index contributed by atoms with van der Waals surface area (Å²) >= 11 is 1.18. The smallest absolute Gasteiger partial charge is 0.308 e. The van der Waals surface area contributed by atoms with E-state index in [2.05, 4.69) is 10.6 Å². The normalized spacial score (nSPS) is 10.6. The number of aromatic nitrogens is 1. The molecule has 5 nitrogen and oxygen atoms in total. The lowest BCUT2D eigenvalue weighted by molar-refractivity contribution is 0.262. The molecule has 0 radical (unpaired) electrons. The van der Waals surface area contributed by atoms with Gasteiger partial charge in [0.2, 0.25) is 0 Å². The fraction of sp³-hybridized carbons (Fsp3) is 0.125. The second-order valence-electron chi connectivity index (χ2n) is 4.74. The summed E-state index contributed by atoms with van der Waals surface area (Å²) in [5.41, 5.74) is 2.28. The SMILES string of the molecule is CCn1c(=O)sc2cc(NC(=O)Nc3ccccc3)ccc21. The number of amides is 2. The molecule has 3 aromatic rings. The number of benzene rings is 2. The Labute approximate surface area is 131 Å². The molecule has 1 heterocycles. The number of aryl methyl sites for hydroxylation is 1. The van der Waals surface area contributed by atoms with E-state index in [1.54, 1.807) is 10.6 Å². The largest absolute Gasteiger partial charge is 0.323 e. The number of fused-ring (bicyclic) bond motifs is 1. The monoisotopic (exact) mass is 313 g/mol. The van der Waals surface area contributed by atoms with Crippen LogP contribution >= 0.6 is 11.3 Å². The van der Waals surface area contributed by atoms with Gasteiger partial charge in [0.1, 0.15) is 0 Å². The predicted molar refractivity (Wildman–Crippen MR) is 90.8 cm³/mol. The van der Waals surface area contributed by atoms with E-state index in [0.29, 0.717) is 12.2 Å². The highest BCUT2D eigenvalue weighted by molar-refractivity contribution is 7.16. The van der Waals surface area contributed by atoms with Crippen molar-refractivity contribution in [3.05, 3.63) is 58.2 Å². The number of urea groups is 1. The quantitative estimate of drug-likeness (QED) is 0.774. The maximum atomic E-state index is 12.0. The summed E-state index contributed by atoms with van der Waals surface area (Å²) in [5.74, 6) is 0. The molecule has 0 aliphatic heterocycles. The number of hydrogen-bond donors (Lipinski definition) is 2. The Balaban J connectivity index is 1.79. The Morgan fingerprint density at radius 3 is 2.55 bits per heavy atom. The van der Waals surface area contributed by atoms with Gasteiger partial charge >= 0.3 is 10.9 Å². The summed E-state index contributed by atoms with van der Waals surface area (Å²) in [4.78, 5) is 23.8. The molecule has 1 aromatic heterocycles. The molecule has 0 saturated carbocycles. The Bertz CT molecular complexity index is 868. The molecular weight excluding hydrogens is 298 g/mol. The predicted octanol–water partition coefficient (Wildman–Crippen LogP) is 3.73. The minimum absolute atomic E-state index is 0.0170. The number of carbonyl (C=O) groups excluding carboxylic acids is 1. The van der Waals surface area contributed by atoms with Gasteiger partial charge in [-0.3, -0.25) is 9.36 Å². The van der Waals surface area contributed by atoms with Gasteiger partial charge in [-0.25, -0.2) is 4.79 Å². The summed E-state index contributed by atoms with van der Waals surface area (Å²) in [6.45, 7) is 2.58. The van der Waals surface area contributed by atoms with Crippen LogP contribution in [0.2, 0.25) is 0 Å². The fourth-order valence-electron chi connectivity index (χ4n) is 2.26. The molecule has 0 unspecified atom stereocenters.